The van der Waals surface area contributed by atoms with Gasteiger partial charge >= 0.3 is 0 Å². The van der Waals surface area contributed by atoms with Crippen LogP contribution < -0.4 is 4.74 Å². The van der Waals surface area contributed by atoms with Crippen molar-refractivity contribution in [3.05, 3.63) is 40.9 Å². The maximum absolute atomic E-state index is 9.92. The molecule has 1 unspecified atom stereocenters. The number of aliphatic hydroxyl groups excluding tert-OH is 1. The minimum Gasteiger partial charge on any atom is -0.497 e. The third-order valence-electron chi connectivity index (χ3n) is 2.27. The number of hydrogen-bond acceptors (Lipinski definition) is 5. The van der Waals surface area contributed by atoms with E-state index in [0.29, 0.717) is 6.42 Å². The number of methoxy groups -OCH3 is 1. The maximum atomic E-state index is 9.92. The van der Waals surface area contributed by atoms with Crippen molar-refractivity contribution in [1.82, 2.24) is 9.59 Å². The van der Waals surface area contributed by atoms with Crippen molar-refractivity contribution >= 4 is 11.5 Å². The molecule has 4 nitrogen and oxygen atoms in total. The molecule has 1 heterocycles. The van der Waals surface area contributed by atoms with Crippen molar-refractivity contribution in [2.75, 3.05) is 7.11 Å². The van der Waals surface area contributed by atoms with E-state index in [-0.39, 0.29) is 0 Å². The van der Waals surface area contributed by atoms with Crippen LogP contribution in [0.3, 0.4) is 0 Å². The second-order valence-electron chi connectivity index (χ2n) is 3.39. The molecule has 1 atom stereocenters. The quantitative estimate of drug-likeness (QED) is 0.879. The summed E-state index contributed by atoms with van der Waals surface area (Å²) in [6.45, 7) is 0. The maximum Gasteiger partial charge on any atom is 0.119 e. The lowest BCUT2D eigenvalue weighted by atomic mass is 10.1. The van der Waals surface area contributed by atoms with Crippen molar-refractivity contribution in [2.24, 2.45) is 0 Å². The van der Waals surface area contributed by atoms with Crippen LogP contribution in [-0.4, -0.2) is 21.8 Å². The molecule has 1 N–H and O–H groups in total. The van der Waals surface area contributed by atoms with Crippen LogP contribution in [-0.2, 0) is 6.42 Å². The van der Waals surface area contributed by atoms with Crippen LogP contribution in [0, 0.1) is 0 Å². The zero-order valence-electron chi connectivity index (χ0n) is 8.83. The minimum atomic E-state index is -0.549. The SMILES string of the molecule is COc1cccc(CC(O)c2cnns2)c1. The highest BCUT2D eigenvalue weighted by Gasteiger charge is 2.11. The fraction of sp³-hybridized carbons (Fsp3) is 0.273. The predicted molar refractivity (Wildman–Crippen MR) is 61.6 cm³/mol. The molecule has 84 valence electrons. The number of ether oxygens (including phenoxy) is 1. The van der Waals surface area contributed by atoms with Gasteiger partial charge in [-0.2, -0.15) is 0 Å². The number of aromatic nitrogens is 2. The number of nitrogens with zero attached hydrogens (tertiary/aromatic N) is 2. The number of rotatable bonds is 4. The highest BCUT2D eigenvalue weighted by Crippen LogP contribution is 2.22. The molecule has 2 rings (SSSR count). The summed E-state index contributed by atoms with van der Waals surface area (Å²) in [5.41, 5.74) is 1.03. The van der Waals surface area contributed by atoms with Crippen molar-refractivity contribution < 1.29 is 9.84 Å². The molecule has 2 aromatic rings. The molecule has 0 aliphatic rings. The Balaban J connectivity index is 2.08. The summed E-state index contributed by atoms with van der Waals surface area (Å²) in [5, 5.41) is 13.6. The number of hydrogen-bond donors (Lipinski definition) is 1. The molecule has 0 amide bonds. The molecular weight excluding hydrogens is 224 g/mol. The molecule has 0 saturated heterocycles. The van der Waals surface area contributed by atoms with E-state index in [1.807, 2.05) is 24.3 Å². The Bertz CT molecular complexity index is 445. The van der Waals surface area contributed by atoms with Gasteiger partial charge in [0.2, 0.25) is 0 Å². The second kappa shape index (κ2) is 5.05. The van der Waals surface area contributed by atoms with Gasteiger partial charge in [-0.1, -0.05) is 16.6 Å². The van der Waals surface area contributed by atoms with Gasteiger partial charge in [-0.15, -0.1) is 5.10 Å². The van der Waals surface area contributed by atoms with Gasteiger partial charge in [-0.3, -0.25) is 0 Å². The molecule has 0 aliphatic heterocycles. The molecular formula is C11H12N2O2S. The summed E-state index contributed by atoms with van der Waals surface area (Å²) in [7, 11) is 1.63. The van der Waals surface area contributed by atoms with Gasteiger partial charge in [0, 0.05) is 6.42 Å². The molecule has 16 heavy (non-hydrogen) atoms. The number of benzene rings is 1. The Kier molecular flexibility index (Phi) is 3.48. The van der Waals surface area contributed by atoms with Crippen molar-refractivity contribution in [2.45, 2.75) is 12.5 Å². The topological polar surface area (TPSA) is 55.2 Å². The summed E-state index contributed by atoms with van der Waals surface area (Å²) in [4.78, 5) is 0.780. The molecule has 0 spiro atoms. The minimum absolute atomic E-state index is 0.543. The van der Waals surface area contributed by atoms with Crippen LogP contribution >= 0.6 is 11.5 Å². The van der Waals surface area contributed by atoms with Crippen molar-refractivity contribution in [1.29, 1.82) is 0 Å². The first-order valence-corrected chi connectivity index (χ1v) is 5.65. The molecule has 0 saturated carbocycles. The lowest BCUT2D eigenvalue weighted by Gasteiger charge is -2.08. The van der Waals surface area contributed by atoms with Crippen LogP contribution in [0.4, 0.5) is 0 Å². The average Bonchev–Trinajstić information content (AvgIpc) is 2.83. The van der Waals surface area contributed by atoms with E-state index in [9.17, 15) is 5.11 Å². The highest BCUT2D eigenvalue weighted by atomic mass is 32.1. The zero-order chi connectivity index (χ0) is 11.4. The van der Waals surface area contributed by atoms with Gasteiger partial charge in [0.25, 0.3) is 0 Å². The van der Waals surface area contributed by atoms with Crippen LogP contribution in [0.2, 0.25) is 0 Å². The fourth-order valence-corrected chi connectivity index (χ4v) is 1.93. The largest absolute Gasteiger partial charge is 0.497 e. The Morgan fingerprint density at radius 1 is 1.50 bits per heavy atom. The van der Waals surface area contributed by atoms with E-state index in [4.69, 9.17) is 4.74 Å². The van der Waals surface area contributed by atoms with E-state index in [2.05, 4.69) is 9.59 Å². The first-order valence-electron chi connectivity index (χ1n) is 4.88. The normalized spacial score (nSPS) is 12.4. The van der Waals surface area contributed by atoms with Gasteiger partial charge < -0.3 is 9.84 Å². The zero-order valence-corrected chi connectivity index (χ0v) is 9.65. The van der Waals surface area contributed by atoms with Crippen LogP contribution in [0.1, 0.15) is 16.5 Å². The first kappa shape index (κ1) is 11.0. The monoisotopic (exact) mass is 236 g/mol. The van der Waals surface area contributed by atoms with E-state index < -0.39 is 6.10 Å². The summed E-state index contributed by atoms with van der Waals surface area (Å²) in [5.74, 6) is 0.798. The van der Waals surface area contributed by atoms with E-state index in [1.54, 1.807) is 13.3 Å². The van der Waals surface area contributed by atoms with Crippen molar-refractivity contribution in [3.63, 3.8) is 0 Å². The predicted octanol–water partition coefficient (Wildman–Crippen LogP) is 1.82. The second-order valence-corrected chi connectivity index (χ2v) is 4.21. The van der Waals surface area contributed by atoms with Crippen molar-refractivity contribution in [3.8, 4) is 5.75 Å². The Morgan fingerprint density at radius 2 is 2.38 bits per heavy atom. The average molecular weight is 236 g/mol. The molecule has 1 aromatic heterocycles. The van der Waals surface area contributed by atoms with Gasteiger partial charge in [-0.05, 0) is 29.2 Å². The van der Waals surface area contributed by atoms with Gasteiger partial charge in [0.1, 0.15) is 5.75 Å². The van der Waals surface area contributed by atoms with Gasteiger partial charge in [-0.25, -0.2) is 0 Å². The third kappa shape index (κ3) is 2.56. The standard InChI is InChI=1S/C11H12N2O2S/c1-15-9-4-2-3-8(5-9)6-10(14)11-7-12-13-16-11/h2-5,7,10,14H,6H2,1H3. The molecule has 0 aliphatic carbocycles. The number of aliphatic hydroxyl groups is 1. The van der Waals surface area contributed by atoms with E-state index in [1.165, 1.54) is 11.5 Å². The Morgan fingerprint density at radius 3 is 3.06 bits per heavy atom. The summed E-state index contributed by atoms with van der Waals surface area (Å²) < 4.78 is 8.85. The summed E-state index contributed by atoms with van der Waals surface area (Å²) in [6, 6.07) is 7.66. The van der Waals surface area contributed by atoms with E-state index >= 15 is 0 Å². The molecule has 1 aromatic carbocycles. The van der Waals surface area contributed by atoms with Crippen LogP contribution in [0.5, 0.6) is 5.75 Å². The molecule has 0 bridgehead atoms. The third-order valence-corrected chi connectivity index (χ3v) is 3.03. The van der Waals surface area contributed by atoms with Crippen LogP contribution in [0.15, 0.2) is 30.5 Å². The van der Waals surface area contributed by atoms with Gasteiger partial charge in [0.15, 0.2) is 0 Å². The fourth-order valence-electron chi connectivity index (χ4n) is 1.44. The summed E-state index contributed by atoms with van der Waals surface area (Å²) >= 11 is 1.22. The molecule has 5 heteroatoms. The molecule has 0 fully saturated rings. The van der Waals surface area contributed by atoms with E-state index in [0.717, 1.165) is 16.2 Å². The van der Waals surface area contributed by atoms with Gasteiger partial charge in [0.05, 0.1) is 24.3 Å². The first-order chi connectivity index (χ1) is 7.79. The Hall–Kier alpha value is -1.46. The summed E-state index contributed by atoms with van der Waals surface area (Å²) in [6.07, 6.45) is 1.59. The van der Waals surface area contributed by atoms with Crippen LogP contribution in [0.25, 0.3) is 0 Å². The lowest BCUT2D eigenvalue weighted by molar-refractivity contribution is 0.182. The molecule has 0 radical (unpaired) electrons. The highest BCUT2D eigenvalue weighted by molar-refractivity contribution is 7.05. The smallest absolute Gasteiger partial charge is 0.119 e. The Labute approximate surface area is 97.7 Å². The lowest BCUT2D eigenvalue weighted by Crippen LogP contribution is -1.99.